The van der Waals surface area contributed by atoms with Gasteiger partial charge >= 0.3 is 0 Å². The van der Waals surface area contributed by atoms with E-state index >= 15 is 0 Å². The molecule has 1 aromatic carbocycles. The highest BCUT2D eigenvalue weighted by molar-refractivity contribution is 5.55. The van der Waals surface area contributed by atoms with E-state index < -0.39 is 0 Å². The van der Waals surface area contributed by atoms with Crippen LogP contribution in [0.15, 0.2) is 18.2 Å². The quantitative estimate of drug-likeness (QED) is 0.834. The monoisotopic (exact) mass is 258 g/mol. The van der Waals surface area contributed by atoms with E-state index in [1.807, 2.05) is 0 Å². The van der Waals surface area contributed by atoms with Gasteiger partial charge in [-0.3, -0.25) is 0 Å². The van der Waals surface area contributed by atoms with E-state index in [0.717, 1.165) is 26.3 Å². The third-order valence-electron chi connectivity index (χ3n) is 5.05. The van der Waals surface area contributed by atoms with E-state index in [0.29, 0.717) is 5.54 Å². The van der Waals surface area contributed by atoms with Crippen LogP contribution in [0.4, 0.5) is 5.69 Å². The predicted octanol–water partition coefficient (Wildman–Crippen LogP) is 2.05. The molecule has 1 aliphatic carbocycles. The second kappa shape index (κ2) is 4.50. The zero-order valence-electron chi connectivity index (χ0n) is 11.5. The number of ether oxygens (including phenoxy) is 1. The van der Waals surface area contributed by atoms with Gasteiger partial charge in [-0.1, -0.05) is 6.07 Å². The molecule has 1 unspecified atom stereocenters. The standard InChI is InChI=1S/C16H22N2O/c1-5-16(17-7-1)6-4-13-2-3-14(12-15(13)16)18-8-10-19-11-9-18/h2-3,12,17H,1,4-11H2. The molecule has 102 valence electrons. The Hall–Kier alpha value is -1.06. The number of hydrogen-bond acceptors (Lipinski definition) is 3. The maximum Gasteiger partial charge on any atom is 0.0642 e. The molecule has 1 aromatic rings. The molecule has 2 heterocycles. The summed E-state index contributed by atoms with van der Waals surface area (Å²) in [5.74, 6) is 0. The summed E-state index contributed by atoms with van der Waals surface area (Å²) in [7, 11) is 0. The maximum absolute atomic E-state index is 5.45. The van der Waals surface area contributed by atoms with Crippen molar-refractivity contribution in [1.29, 1.82) is 0 Å². The largest absolute Gasteiger partial charge is 0.378 e. The zero-order valence-corrected chi connectivity index (χ0v) is 11.5. The molecule has 0 bridgehead atoms. The van der Waals surface area contributed by atoms with Gasteiger partial charge in [0.25, 0.3) is 0 Å². The Morgan fingerprint density at radius 3 is 2.84 bits per heavy atom. The van der Waals surface area contributed by atoms with Gasteiger partial charge in [0.15, 0.2) is 0 Å². The molecule has 2 fully saturated rings. The first-order chi connectivity index (χ1) is 9.37. The predicted molar refractivity (Wildman–Crippen MR) is 76.7 cm³/mol. The number of hydrogen-bond donors (Lipinski definition) is 1. The first-order valence-electron chi connectivity index (χ1n) is 7.59. The van der Waals surface area contributed by atoms with Crippen LogP contribution in [0.5, 0.6) is 0 Å². The fourth-order valence-electron chi connectivity index (χ4n) is 3.98. The minimum absolute atomic E-state index is 0.303. The number of fused-ring (bicyclic) bond motifs is 2. The zero-order chi connectivity index (χ0) is 12.7. The van der Waals surface area contributed by atoms with Gasteiger partial charge in [-0.15, -0.1) is 0 Å². The van der Waals surface area contributed by atoms with Crippen molar-refractivity contribution in [2.45, 2.75) is 31.2 Å². The highest BCUT2D eigenvalue weighted by atomic mass is 16.5. The van der Waals surface area contributed by atoms with E-state index in [9.17, 15) is 0 Å². The number of benzene rings is 1. The van der Waals surface area contributed by atoms with E-state index in [1.54, 1.807) is 11.1 Å². The average molecular weight is 258 g/mol. The Morgan fingerprint density at radius 1 is 1.16 bits per heavy atom. The summed E-state index contributed by atoms with van der Waals surface area (Å²) in [5.41, 5.74) is 4.83. The molecule has 0 radical (unpaired) electrons. The molecule has 4 rings (SSSR count). The first kappa shape index (κ1) is 11.7. The SMILES string of the molecule is c1cc2c(cc1N1CCOCC1)C1(CCCN1)CC2. The van der Waals surface area contributed by atoms with Crippen molar-refractivity contribution < 1.29 is 4.74 Å². The first-order valence-corrected chi connectivity index (χ1v) is 7.59. The summed E-state index contributed by atoms with van der Waals surface area (Å²) in [6.07, 6.45) is 5.16. The second-order valence-electron chi connectivity index (χ2n) is 6.05. The summed E-state index contributed by atoms with van der Waals surface area (Å²) < 4.78 is 5.45. The number of rotatable bonds is 1. The van der Waals surface area contributed by atoms with Crippen molar-refractivity contribution in [2.24, 2.45) is 0 Å². The Morgan fingerprint density at radius 2 is 2.05 bits per heavy atom. The Balaban J connectivity index is 1.68. The maximum atomic E-state index is 5.45. The summed E-state index contributed by atoms with van der Waals surface area (Å²) in [6, 6.07) is 7.11. The van der Waals surface area contributed by atoms with Gasteiger partial charge in [-0.05, 0) is 55.5 Å². The van der Waals surface area contributed by atoms with Gasteiger partial charge in [0.05, 0.1) is 13.2 Å². The lowest BCUT2D eigenvalue weighted by Gasteiger charge is -2.31. The minimum atomic E-state index is 0.303. The van der Waals surface area contributed by atoms with Crippen LogP contribution in [-0.2, 0) is 16.7 Å². The van der Waals surface area contributed by atoms with E-state index in [-0.39, 0.29) is 0 Å². The van der Waals surface area contributed by atoms with Gasteiger partial charge < -0.3 is 15.0 Å². The van der Waals surface area contributed by atoms with E-state index in [1.165, 1.54) is 37.9 Å². The molecule has 0 amide bonds. The topological polar surface area (TPSA) is 24.5 Å². The molecule has 1 atom stereocenters. The molecule has 3 aliphatic rings. The van der Waals surface area contributed by atoms with E-state index in [2.05, 4.69) is 28.4 Å². The normalized spacial score (nSPS) is 30.0. The fourth-order valence-corrected chi connectivity index (χ4v) is 3.98. The third kappa shape index (κ3) is 1.87. The van der Waals surface area contributed by atoms with Crippen LogP contribution in [0.2, 0.25) is 0 Å². The van der Waals surface area contributed by atoms with E-state index in [4.69, 9.17) is 4.74 Å². The van der Waals surface area contributed by atoms with Gasteiger partial charge in [0.2, 0.25) is 0 Å². The van der Waals surface area contributed by atoms with Crippen LogP contribution in [0, 0.1) is 0 Å². The summed E-state index contributed by atoms with van der Waals surface area (Å²) in [6.45, 7) is 4.96. The third-order valence-corrected chi connectivity index (χ3v) is 5.05. The number of morpholine rings is 1. The van der Waals surface area contributed by atoms with Crippen molar-refractivity contribution in [3.63, 3.8) is 0 Å². The molecule has 19 heavy (non-hydrogen) atoms. The van der Waals surface area contributed by atoms with Crippen LogP contribution in [0.3, 0.4) is 0 Å². The number of nitrogens with zero attached hydrogens (tertiary/aromatic N) is 1. The van der Waals surface area contributed by atoms with Crippen molar-refractivity contribution in [3.8, 4) is 0 Å². The highest BCUT2D eigenvalue weighted by Crippen LogP contribution is 2.44. The lowest BCUT2D eigenvalue weighted by molar-refractivity contribution is 0.122. The van der Waals surface area contributed by atoms with Crippen molar-refractivity contribution >= 4 is 5.69 Å². The summed E-state index contributed by atoms with van der Waals surface area (Å²) in [5, 5.41) is 3.78. The molecule has 1 spiro atoms. The minimum Gasteiger partial charge on any atom is -0.378 e. The molecule has 0 aromatic heterocycles. The van der Waals surface area contributed by atoms with Gasteiger partial charge in [0, 0.05) is 24.3 Å². The molecule has 2 aliphatic heterocycles. The smallest absolute Gasteiger partial charge is 0.0642 e. The summed E-state index contributed by atoms with van der Waals surface area (Å²) in [4.78, 5) is 2.46. The Kier molecular flexibility index (Phi) is 2.78. The molecular weight excluding hydrogens is 236 g/mol. The summed E-state index contributed by atoms with van der Waals surface area (Å²) >= 11 is 0. The van der Waals surface area contributed by atoms with Crippen LogP contribution in [0.1, 0.15) is 30.4 Å². The molecular formula is C16H22N2O. The molecule has 3 heteroatoms. The fraction of sp³-hybridized carbons (Fsp3) is 0.625. The lowest BCUT2D eigenvalue weighted by atomic mass is 9.90. The van der Waals surface area contributed by atoms with Crippen molar-refractivity contribution in [2.75, 3.05) is 37.7 Å². The molecule has 0 saturated carbocycles. The van der Waals surface area contributed by atoms with Gasteiger partial charge in [0.1, 0.15) is 0 Å². The molecule has 3 nitrogen and oxygen atoms in total. The van der Waals surface area contributed by atoms with Crippen LogP contribution < -0.4 is 10.2 Å². The molecule has 1 N–H and O–H groups in total. The van der Waals surface area contributed by atoms with Crippen LogP contribution >= 0.6 is 0 Å². The van der Waals surface area contributed by atoms with Gasteiger partial charge in [-0.25, -0.2) is 0 Å². The van der Waals surface area contributed by atoms with Crippen LogP contribution in [0.25, 0.3) is 0 Å². The van der Waals surface area contributed by atoms with Crippen LogP contribution in [-0.4, -0.2) is 32.8 Å². The highest BCUT2D eigenvalue weighted by Gasteiger charge is 2.40. The van der Waals surface area contributed by atoms with Gasteiger partial charge in [-0.2, -0.15) is 0 Å². The number of anilines is 1. The number of aryl methyl sites for hydroxylation is 1. The average Bonchev–Trinajstić information content (AvgIpc) is 3.09. The van der Waals surface area contributed by atoms with Crippen molar-refractivity contribution in [1.82, 2.24) is 5.32 Å². The Bertz CT molecular complexity index is 474. The van der Waals surface area contributed by atoms with Crippen molar-refractivity contribution in [3.05, 3.63) is 29.3 Å². The number of nitrogens with one attached hydrogen (secondary N) is 1. The second-order valence-corrected chi connectivity index (χ2v) is 6.05. The Labute approximate surface area is 114 Å². The molecule has 2 saturated heterocycles. The lowest BCUT2D eigenvalue weighted by Crippen LogP contribution is -2.37.